The van der Waals surface area contributed by atoms with Crippen molar-refractivity contribution in [2.24, 2.45) is 10.7 Å². The van der Waals surface area contributed by atoms with Crippen LogP contribution in [0.2, 0.25) is 0 Å². The summed E-state index contributed by atoms with van der Waals surface area (Å²) in [4.78, 5) is 34.6. The van der Waals surface area contributed by atoms with E-state index in [1.54, 1.807) is 17.0 Å². The van der Waals surface area contributed by atoms with Gasteiger partial charge < -0.3 is 20.6 Å². The van der Waals surface area contributed by atoms with Crippen molar-refractivity contribution in [2.75, 3.05) is 19.6 Å². The third-order valence-electron chi connectivity index (χ3n) is 7.26. The number of likely N-dealkylation sites (tertiary alicyclic amines) is 1. The van der Waals surface area contributed by atoms with E-state index < -0.39 is 0 Å². The summed E-state index contributed by atoms with van der Waals surface area (Å²) < 4.78 is 0. The van der Waals surface area contributed by atoms with Crippen LogP contribution in [0, 0.1) is 0 Å². The zero-order valence-corrected chi connectivity index (χ0v) is 23.5. The summed E-state index contributed by atoms with van der Waals surface area (Å²) in [5, 5.41) is 10.2. The number of aromatic hydroxyl groups is 1. The predicted molar refractivity (Wildman–Crippen MR) is 162 cm³/mol. The van der Waals surface area contributed by atoms with Crippen LogP contribution >= 0.6 is 12.4 Å². The average Bonchev–Trinajstić information content (AvgIpc) is 3.43. The second kappa shape index (κ2) is 12.8. The van der Waals surface area contributed by atoms with E-state index in [1.165, 1.54) is 0 Å². The minimum Gasteiger partial charge on any atom is -0.508 e. The van der Waals surface area contributed by atoms with Crippen molar-refractivity contribution < 1.29 is 14.7 Å². The molecule has 1 fully saturated rings. The summed E-state index contributed by atoms with van der Waals surface area (Å²) in [6.45, 7) is 4.55. The van der Waals surface area contributed by atoms with Crippen LogP contribution in [0.5, 0.6) is 5.75 Å². The van der Waals surface area contributed by atoms with Gasteiger partial charge in [0.05, 0.1) is 5.69 Å². The van der Waals surface area contributed by atoms with Crippen LogP contribution in [0.1, 0.15) is 54.1 Å². The average molecular weight is 559 g/mol. The number of para-hydroxylation sites is 1. The van der Waals surface area contributed by atoms with E-state index in [2.05, 4.69) is 4.99 Å². The Labute approximate surface area is 241 Å². The van der Waals surface area contributed by atoms with Crippen LogP contribution < -0.4 is 5.73 Å². The van der Waals surface area contributed by atoms with Gasteiger partial charge in [0.15, 0.2) is 0 Å². The Kier molecular flexibility index (Phi) is 9.27. The lowest BCUT2D eigenvalue weighted by atomic mass is 9.99. The summed E-state index contributed by atoms with van der Waals surface area (Å²) >= 11 is 0. The molecule has 8 heteroatoms. The van der Waals surface area contributed by atoms with Gasteiger partial charge in [0.25, 0.3) is 11.8 Å². The third-order valence-corrected chi connectivity index (χ3v) is 7.26. The number of hydrogen-bond donors (Lipinski definition) is 2. The number of carbonyl (C=O) groups is 2. The van der Waals surface area contributed by atoms with E-state index in [-0.39, 0.29) is 36.4 Å². The SMILES string of the molecule is CCCN(Cc1ccccc1O)C(=O)C1=Cc2ccc(-c3ccc(C(=O)N4CCCC4)cc3)cc2N=C(N)C1.Cl. The molecule has 0 radical (unpaired) electrons. The molecule has 2 amide bonds. The smallest absolute Gasteiger partial charge is 0.253 e. The van der Waals surface area contributed by atoms with E-state index in [4.69, 9.17) is 5.73 Å². The zero-order valence-electron chi connectivity index (χ0n) is 22.7. The Morgan fingerprint density at radius 1 is 1.00 bits per heavy atom. The monoisotopic (exact) mass is 558 g/mol. The number of halogens is 1. The summed E-state index contributed by atoms with van der Waals surface area (Å²) in [5.41, 5.74) is 11.7. The molecule has 40 heavy (non-hydrogen) atoms. The van der Waals surface area contributed by atoms with Crippen LogP contribution in [0.25, 0.3) is 17.2 Å². The second-order valence-corrected chi connectivity index (χ2v) is 10.2. The molecule has 0 unspecified atom stereocenters. The standard InChI is InChI=1S/C32H34N4O3.ClH/c1-2-15-36(21-26-7-3-4-8-29(26)37)32(39)27-18-25-14-13-24(19-28(25)34-30(33)20-27)22-9-11-23(12-10-22)31(38)35-16-5-6-17-35;/h3-4,7-14,18-19,37H,2,5-6,15-17,20-21H2,1H3,(H2,33,34);1H. The Hall–Kier alpha value is -4.10. The van der Waals surface area contributed by atoms with Crippen molar-refractivity contribution in [3.63, 3.8) is 0 Å². The molecule has 0 spiro atoms. The minimum absolute atomic E-state index is 0. The van der Waals surface area contributed by atoms with Crippen molar-refractivity contribution in [1.29, 1.82) is 0 Å². The topological polar surface area (TPSA) is 99.2 Å². The van der Waals surface area contributed by atoms with Gasteiger partial charge in [-0.2, -0.15) is 0 Å². The molecular weight excluding hydrogens is 524 g/mol. The Bertz CT molecular complexity index is 1440. The van der Waals surface area contributed by atoms with Gasteiger partial charge >= 0.3 is 0 Å². The predicted octanol–water partition coefficient (Wildman–Crippen LogP) is 5.93. The number of benzene rings is 3. The van der Waals surface area contributed by atoms with Gasteiger partial charge in [-0.05, 0) is 60.7 Å². The van der Waals surface area contributed by atoms with Crippen molar-refractivity contribution in [1.82, 2.24) is 9.80 Å². The molecule has 3 N–H and O–H groups in total. The van der Waals surface area contributed by atoms with E-state index in [1.807, 2.05) is 72.5 Å². The first-order valence-corrected chi connectivity index (χ1v) is 13.6. The highest BCUT2D eigenvalue weighted by atomic mass is 35.5. The fraction of sp³-hybridized carbons (Fsp3) is 0.281. The van der Waals surface area contributed by atoms with Crippen LogP contribution in [-0.4, -0.2) is 52.2 Å². The molecule has 2 aliphatic heterocycles. The van der Waals surface area contributed by atoms with E-state index in [0.29, 0.717) is 41.3 Å². The van der Waals surface area contributed by atoms with E-state index >= 15 is 0 Å². The molecule has 1 saturated heterocycles. The largest absolute Gasteiger partial charge is 0.508 e. The fourth-order valence-electron chi connectivity index (χ4n) is 5.19. The highest BCUT2D eigenvalue weighted by molar-refractivity contribution is 6.05. The van der Waals surface area contributed by atoms with Crippen molar-refractivity contribution in [2.45, 2.75) is 39.2 Å². The van der Waals surface area contributed by atoms with Gasteiger partial charge in [-0.1, -0.05) is 49.4 Å². The van der Waals surface area contributed by atoms with Gasteiger partial charge in [-0.15, -0.1) is 12.4 Å². The number of nitrogens with two attached hydrogens (primary N) is 1. The first kappa shape index (κ1) is 28.9. The van der Waals surface area contributed by atoms with Gasteiger partial charge in [0.2, 0.25) is 0 Å². The molecular formula is C32H35ClN4O3. The van der Waals surface area contributed by atoms with E-state index in [9.17, 15) is 14.7 Å². The van der Waals surface area contributed by atoms with Gasteiger partial charge in [0, 0.05) is 54.9 Å². The number of amidine groups is 1. The molecule has 7 nitrogen and oxygen atoms in total. The first-order valence-electron chi connectivity index (χ1n) is 13.6. The van der Waals surface area contributed by atoms with E-state index in [0.717, 1.165) is 49.0 Å². The molecule has 2 heterocycles. The third kappa shape index (κ3) is 6.37. The molecule has 0 aromatic heterocycles. The van der Waals surface area contributed by atoms with Gasteiger partial charge in [-0.3, -0.25) is 9.59 Å². The lowest BCUT2D eigenvalue weighted by Gasteiger charge is -2.24. The van der Waals surface area contributed by atoms with Crippen molar-refractivity contribution in [3.8, 4) is 16.9 Å². The molecule has 3 aromatic rings. The normalized spacial score (nSPS) is 14.4. The number of aliphatic imine (C=N–C) groups is 1. The number of amides is 2. The minimum atomic E-state index is -0.117. The van der Waals surface area contributed by atoms with Crippen LogP contribution in [0.3, 0.4) is 0 Å². The Balaban J connectivity index is 0.00000370. The number of hydrogen-bond acceptors (Lipinski definition) is 5. The van der Waals surface area contributed by atoms with Gasteiger partial charge in [-0.25, -0.2) is 4.99 Å². The zero-order chi connectivity index (χ0) is 27.4. The number of phenols is 1. The molecule has 208 valence electrons. The molecule has 0 atom stereocenters. The van der Waals surface area contributed by atoms with Gasteiger partial charge in [0.1, 0.15) is 11.6 Å². The summed E-state index contributed by atoms with van der Waals surface area (Å²) in [7, 11) is 0. The molecule has 0 bridgehead atoms. The summed E-state index contributed by atoms with van der Waals surface area (Å²) in [6.07, 6.45) is 5.04. The van der Waals surface area contributed by atoms with Crippen LogP contribution in [-0.2, 0) is 11.3 Å². The number of nitrogens with zero attached hydrogens (tertiary/aromatic N) is 3. The lowest BCUT2D eigenvalue weighted by molar-refractivity contribution is -0.127. The maximum atomic E-state index is 13.6. The molecule has 0 saturated carbocycles. The molecule has 2 aliphatic rings. The quantitative estimate of drug-likeness (QED) is 0.375. The van der Waals surface area contributed by atoms with Crippen molar-refractivity contribution in [3.05, 3.63) is 89.0 Å². The Morgan fingerprint density at radius 2 is 1.70 bits per heavy atom. The number of rotatable bonds is 7. The second-order valence-electron chi connectivity index (χ2n) is 10.2. The molecule has 5 rings (SSSR count). The number of fused-ring (bicyclic) bond motifs is 1. The molecule has 3 aromatic carbocycles. The first-order chi connectivity index (χ1) is 18.9. The van der Waals surface area contributed by atoms with Crippen molar-refractivity contribution >= 4 is 41.8 Å². The maximum Gasteiger partial charge on any atom is 0.253 e. The van der Waals surface area contributed by atoms with Crippen LogP contribution in [0.15, 0.2) is 77.3 Å². The van der Waals surface area contributed by atoms with Crippen LogP contribution in [0.4, 0.5) is 5.69 Å². The summed E-state index contributed by atoms with van der Waals surface area (Å²) in [6, 6.07) is 20.7. The Morgan fingerprint density at radius 3 is 2.40 bits per heavy atom. The maximum absolute atomic E-state index is 13.6. The molecule has 0 aliphatic carbocycles. The highest BCUT2D eigenvalue weighted by Crippen LogP contribution is 2.32. The highest BCUT2D eigenvalue weighted by Gasteiger charge is 2.23. The fourth-order valence-corrected chi connectivity index (χ4v) is 5.19. The number of phenolic OH excluding ortho intramolecular Hbond substituents is 1. The lowest BCUT2D eigenvalue weighted by Crippen LogP contribution is -2.33. The summed E-state index contributed by atoms with van der Waals surface area (Å²) in [5.74, 6) is 0.512. The number of carbonyl (C=O) groups excluding carboxylic acids is 2.